The minimum atomic E-state index is -0.980. The minimum absolute atomic E-state index is 0.0767. The minimum Gasteiger partial charge on any atom is -0.493 e. The summed E-state index contributed by atoms with van der Waals surface area (Å²) < 4.78 is 16.4. The van der Waals surface area contributed by atoms with Crippen LogP contribution in [0.1, 0.15) is 27.9 Å². The molecule has 0 aromatic heterocycles. The van der Waals surface area contributed by atoms with Crippen molar-refractivity contribution >= 4 is 11.8 Å². The molecule has 0 heterocycles. The smallest absolute Gasteiger partial charge is 0.333 e. The van der Waals surface area contributed by atoms with Crippen LogP contribution in [-0.2, 0) is 22.4 Å². The Labute approximate surface area is 193 Å². The predicted octanol–water partition coefficient (Wildman–Crippen LogP) is 4.60. The first-order valence-electron chi connectivity index (χ1n) is 10.8. The summed E-state index contributed by atoms with van der Waals surface area (Å²) in [6.45, 7) is 0.979. The van der Waals surface area contributed by atoms with Crippen molar-refractivity contribution in [3.05, 3.63) is 95.6 Å². The highest BCUT2D eigenvalue weighted by Gasteiger charge is 2.16. The third-order valence-corrected chi connectivity index (χ3v) is 5.11. The van der Waals surface area contributed by atoms with Crippen molar-refractivity contribution in [1.82, 2.24) is 0 Å². The van der Waals surface area contributed by atoms with Gasteiger partial charge in [0.05, 0.1) is 13.2 Å². The van der Waals surface area contributed by atoms with Gasteiger partial charge in [-0.05, 0) is 47.5 Å². The number of carboxylic acids is 1. The summed E-state index contributed by atoms with van der Waals surface area (Å²) in [6.07, 6.45) is 0.522. The highest BCUT2D eigenvalue weighted by atomic mass is 16.5. The van der Waals surface area contributed by atoms with Crippen molar-refractivity contribution < 1.29 is 28.9 Å². The molecule has 1 unspecified atom stereocenters. The number of aliphatic carboxylic acids is 1. The van der Waals surface area contributed by atoms with Crippen LogP contribution < -0.4 is 9.47 Å². The number of benzene rings is 3. The van der Waals surface area contributed by atoms with Gasteiger partial charge >= 0.3 is 5.97 Å². The van der Waals surface area contributed by atoms with Crippen LogP contribution in [0.2, 0.25) is 0 Å². The predicted molar refractivity (Wildman–Crippen MR) is 125 cm³/mol. The average Bonchev–Trinajstić information content (AvgIpc) is 2.84. The molecule has 0 saturated carbocycles. The van der Waals surface area contributed by atoms with Crippen LogP contribution in [0.5, 0.6) is 11.5 Å². The number of hydrogen-bond donors (Lipinski definition) is 1. The topological polar surface area (TPSA) is 82.1 Å². The van der Waals surface area contributed by atoms with E-state index in [4.69, 9.17) is 19.3 Å². The van der Waals surface area contributed by atoms with Gasteiger partial charge in [0.2, 0.25) is 0 Å². The van der Waals surface area contributed by atoms with E-state index in [1.165, 1.54) is 7.11 Å². The van der Waals surface area contributed by atoms with E-state index in [-0.39, 0.29) is 5.78 Å². The fourth-order valence-electron chi connectivity index (χ4n) is 3.27. The largest absolute Gasteiger partial charge is 0.493 e. The van der Waals surface area contributed by atoms with E-state index in [0.29, 0.717) is 49.5 Å². The summed E-state index contributed by atoms with van der Waals surface area (Å²) >= 11 is 0. The number of Topliss-reactive ketones (excluding diaryl/α,β-unsaturated/α-hetero) is 1. The molecule has 6 heteroatoms. The highest BCUT2D eigenvalue weighted by Crippen LogP contribution is 2.16. The second-order valence-corrected chi connectivity index (χ2v) is 7.57. The molecule has 0 radical (unpaired) electrons. The van der Waals surface area contributed by atoms with E-state index >= 15 is 0 Å². The Morgan fingerprint density at radius 3 is 1.91 bits per heavy atom. The lowest BCUT2D eigenvalue weighted by Crippen LogP contribution is -2.24. The maximum atomic E-state index is 12.4. The van der Waals surface area contributed by atoms with Crippen molar-refractivity contribution in [3.8, 4) is 11.5 Å². The summed E-state index contributed by atoms with van der Waals surface area (Å²) in [5.41, 5.74) is 2.53. The van der Waals surface area contributed by atoms with Crippen molar-refractivity contribution in [3.63, 3.8) is 0 Å². The van der Waals surface area contributed by atoms with Gasteiger partial charge in [0.25, 0.3) is 0 Å². The number of rotatable bonds is 13. The Morgan fingerprint density at radius 1 is 0.788 bits per heavy atom. The molecule has 1 N–H and O–H groups in total. The molecule has 172 valence electrons. The average molecular weight is 449 g/mol. The summed E-state index contributed by atoms with van der Waals surface area (Å²) in [5.74, 6) is 0.519. The molecule has 3 aromatic carbocycles. The quantitative estimate of drug-likeness (QED) is 0.304. The Kier molecular flexibility index (Phi) is 9.03. The molecule has 6 nitrogen and oxygen atoms in total. The number of hydrogen-bond acceptors (Lipinski definition) is 5. The van der Waals surface area contributed by atoms with Crippen LogP contribution in [0.15, 0.2) is 78.9 Å². The fourth-order valence-corrected chi connectivity index (χ4v) is 3.27. The normalized spacial score (nSPS) is 11.5. The zero-order chi connectivity index (χ0) is 23.5. The van der Waals surface area contributed by atoms with Gasteiger partial charge in [-0.2, -0.15) is 0 Å². The molecule has 1 atom stereocenters. The van der Waals surface area contributed by atoms with E-state index in [9.17, 15) is 9.59 Å². The summed E-state index contributed by atoms with van der Waals surface area (Å²) in [7, 11) is 1.39. The zero-order valence-electron chi connectivity index (χ0n) is 18.6. The van der Waals surface area contributed by atoms with Crippen LogP contribution >= 0.6 is 0 Å². The Hall–Kier alpha value is -3.64. The van der Waals surface area contributed by atoms with Gasteiger partial charge in [0.1, 0.15) is 11.5 Å². The van der Waals surface area contributed by atoms with Gasteiger partial charge in [-0.15, -0.1) is 0 Å². The third kappa shape index (κ3) is 7.77. The molecule has 0 fully saturated rings. The van der Waals surface area contributed by atoms with E-state index < -0.39 is 12.1 Å². The van der Waals surface area contributed by atoms with Crippen molar-refractivity contribution in [1.29, 1.82) is 0 Å². The van der Waals surface area contributed by atoms with Gasteiger partial charge in [-0.1, -0.05) is 42.5 Å². The van der Waals surface area contributed by atoms with Gasteiger partial charge in [-0.3, -0.25) is 4.79 Å². The molecule has 0 spiro atoms. The SMILES string of the molecule is COC(Cc1ccc(OCCCOc2ccc(C(=O)Cc3ccccc3)cc2)cc1)C(=O)O. The molecule has 3 aromatic rings. The number of methoxy groups -OCH3 is 1. The zero-order valence-corrected chi connectivity index (χ0v) is 18.6. The lowest BCUT2D eigenvalue weighted by molar-refractivity contribution is -0.148. The first-order valence-corrected chi connectivity index (χ1v) is 10.8. The van der Waals surface area contributed by atoms with Gasteiger partial charge in [0.15, 0.2) is 11.9 Å². The van der Waals surface area contributed by atoms with Crippen LogP contribution in [0.3, 0.4) is 0 Å². The van der Waals surface area contributed by atoms with Crippen molar-refractivity contribution in [2.45, 2.75) is 25.4 Å². The molecular formula is C27H28O6. The van der Waals surface area contributed by atoms with E-state index in [1.807, 2.05) is 66.7 Å². The molecule has 0 aliphatic carbocycles. The third-order valence-electron chi connectivity index (χ3n) is 5.11. The molecule has 0 aliphatic heterocycles. The van der Waals surface area contributed by atoms with Crippen LogP contribution in [0, 0.1) is 0 Å². The summed E-state index contributed by atoms with van der Waals surface area (Å²) in [4.78, 5) is 23.4. The standard InChI is InChI=1S/C27H28O6/c1-31-26(27(29)30)19-21-8-12-23(13-9-21)32-16-5-17-33-24-14-10-22(11-15-24)25(28)18-20-6-3-2-4-7-20/h2-4,6-15,26H,5,16-19H2,1H3,(H,29,30). The van der Waals surface area contributed by atoms with Crippen molar-refractivity contribution in [2.24, 2.45) is 0 Å². The second-order valence-electron chi connectivity index (χ2n) is 7.57. The molecule has 0 bridgehead atoms. The van der Waals surface area contributed by atoms with Crippen LogP contribution in [0.25, 0.3) is 0 Å². The maximum Gasteiger partial charge on any atom is 0.333 e. The van der Waals surface area contributed by atoms with Crippen LogP contribution in [0.4, 0.5) is 0 Å². The number of carbonyl (C=O) groups excluding carboxylic acids is 1. The summed E-state index contributed by atoms with van der Waals surface area (Å²) in [5, 5.41) is 9.05. The molecule has 33 heavy (non-hydrogen) atoms. The van der Waals surface area contributed by atoms with E-state index in [0.717, 1.165) is 11.1 Å². The number of ether oxygens (including phenoxy) is 3. The molecule has 3 rings (SSSR count). The molecule has 0 saturated heterocycles. The van der Waals surface area contributed by atoms with E-state index in [2.05, 4.69) is 0 Å². The monoisotopic (exact) mass is 448 g/mol. The lowest BCUT2D eigenvalue weighted by atomic mass is 10.0. The summed E-state index contributed by atoms with van der Waals surface area (Å²) in [6, 6.07) is 24.2. The fraction of sp³-hybridized carbons (Fsp3) is 0.259. The Balaban J connectivity index is 1.36. The van der Waals surface area contributed by atoms with Gasteiger partial charge < -0.3 is 19.3 Å². The number of ketones is 1. The second kappa shape index (κ2) is 12.4. The first kappa shape index (κ1) is 24.0. The maximum absolute atomic E-state index is 12.4. The lowest BCUT2D eigenvalue weighted by Gasteiger charge is -2.11. The first-order chi connectivity index (χ1) is 16.0. The number of carbonyl (C=O) groups is 2. The Bertz CT molecular complexity index is 1010. The molecule has 0 amide bonds. The molecule has 0 aliphatic rings. The Morgan fingerprint density at radius 2 is 1.36 bits per heavy atom. The van der Waals surface area contributed by atoms with E-state index in [1.54, 1.807) is 12.1 Å². The van der Waals surface area contributed by atoms with Gasteiger partial charge in [0, 0.05) is 31.9 Å². The van der Waals surface area contributed by atoms with Crippen molar-refractivity contribution in [2.75, 3.05) is 20.3 Å². The highest BCUT2D eigenvalue weighted by molar-refractivity contribution is 5.97. The van der Waals surface area contributed by atoms with Gasteiger partial charge in [-0.25, -0.2) is 4.79 Å². The van der Waals surface area contributed by atoms with Crippen LogP contribution in [-0.4, -0.2) is 43.3 Å². The number of carboxylic acid groups (broad SMARTS) is 1. The molecular weight excluding hydrogens is 420 g/mol.